The molecule has 1 aromatic carbocycles. The molecule has 0 aliphatic carbocycles. The summed E-state index contributed by atoms with van der Waals surface area (Å²) >= 11 is 0. The van der Waals surface area contributed by atoms with Crippen molar-refractivity contribution in [3.05, 3.63) is 29.8 Å². The average molecular weight is 888 g/mol. The maximum Gasteiger partial charge on any atom is 0.305 e. The minimum atomic E-state index is -1.76. The Bertz CT molecular complexity index is 1770. The van der Waals surface area contributed by atoms with Crippen LogP contribution in [0.2, 0.25) is 0 Å². The Morgan fingerprint density at radius 2 is 1.46 bits per heavy atom. The van der Waals surface area contributed by atoms with Gasteiger partial charge in [-0.25, -0.2) is 0 Å². The van der Waals surface area contributed by atoms with Gasteiger partial charge in [-0.15, -0.1) is 0 Å². The fourth-order valence-electron chi connectivity index (χ4n) is 7.81. The number of hydrogen-bond acceptors (Lipinski definition) is 12. The first-order chi connectivity index (χ1) is 29.5. The molecule has 2 heterocycles. The number of aromatic hydroxyl groups is 1. The summed E-state index contributed by atoms with van der Waals surface area (Å²) < 4.78 is 0. The minimum Gasteiger partial charge on any atom is -0.508 e. The summed E-state index contributed by atoms with van der Waals surface area (Å²) in [7, 11) is 0. The maximum atomic E-state index is 14.4. The fraction of sp³-hybridized carbons (Fsp3) is 0.674. The first kappa shape index (κ1) is 52.0. The predicted molar refractivity (Wildman–Crippen MR) is 231 cm³/mol. The normalized spacial score (nSPS) is 27.0. The van der Waals surface area contributed by atoms with E-state index < -0.39 is 114 Å². The number of aliphatic hydroxyl groups excluding tert-OH is 1. The summed E-state index contributed by atoms with van der Waals surface area (Å²) in [4.78, 5) is 112. The largest absolute Gasteiger partial charge is 0.508 e. The molecule has 2 saturated heterocycles. The van der Waals surface area contributed by atoms with Gasteiger partial charge in [-0.05, 0) is 103 Å². The number of phenolic OH excluding ortho intramolecular Hbond substituents is 1. The van der Waals surface area contributed by atoms with Gasteiger partial charge in [0, 0.05) is 24.4 Å². The average Bonchev–Trinajstić information content (AvgIpc) is 3.64. The van der Waals surface area contributed by atoms with Gasteiger partial charge in [0.1, 0.15) is 36.0 Å². The Balaban J connectivity index is 2.18. The summed E-state index contributed by atoms with van der Waals surface area (Å²) in [5, 5.41) is 49.3. The molecule has 0 bridgehead atoms. The molecular formula is C43H69N9O11. The minimum absolute atomic E-state index is 0.00727. The number of fused-ring (bicyclic) bond motifs is 1. The van der Waals surface area contributed by atoms with E-state index in [2.05, 4.69) is 37.2 Å². The Morgan fingerprint density at radius 1 is 0.841 bits per heavy atom. The van der Waals surface area contributed by atoms with Gasteiger partial charge >= 0.3 is 5.97 Å². The van der Waals surface area contributed by atoms with Crippen LogP contribution in [0.3, 0.4) is 0 Å². The number of phenols is 1. The van der Waals surface area contributed by atoms with Crippen molar-refractivity contribution in [2.75, 3.05) is 13.1 Å². The Labute approximate surface area is 369 Å². The number of hydrogen-bond donors (Lipinski definition) is 11. The number of aliphatic carboxylic acids is 1. The molecule has 2 fully saturated rings. The van der Waals surface area contributed by atoms with Gasteiger partial charge in [0.2, 0.25) is 41.4 Å². The third-order valence-electron chi connectivity index (χ3n) is 10.8. The molecule has 12 N–H and O–H groups in total. The zero-order valence-corrected chi connectivity index (χ0v) is 37.5. The number of aliphatic hydroxyl groups is 1. The first-order valence-electron chi connectivity index (χ1n) is 21.8. The van der Waals surface area contributed by atoms with Crippen LogP contribution in [0.4, 0.5) is 0 Å². The van der Waals surface area contributed by atoms with Gasteiger partial charge in [-0.3, -0.25) is 43.3 Å². The second-order valence-electron chi connectivity index (χ2n) is 18.1. The Kier molecular flexibility index (Phi) is 19.7. The molecule has 352 valence electrons. The smallest absolute Gasteiger partial charge is 0.305 e. The highest BCUT2D eigenvalue weighted by molar-refractivity contribution is 5.97. The second kappa shape index (κ2) is 23.9. The van der Waals surface area contributed by atoms with Gasteiger partial charge < -0.3 is 58.3 Å². The number of carboxylic acids is 1. The molecule has 3 rings (SSSR count). The number of unbranched alkanes of at least 4 members (excludes halogenated alkanes) is 1. The van der Waals surface area contributed by atoms with Crippen LogP contribution in [0.5, 0.6) is 5.75 Å². The molecule has 7 amide bonds. The second-order valence-corrected chi connectivity index (χ2v) is 18.1. The number of nitrogens with zero attached hydrogens (tertiary/aromatic N) is 1. The summed E-state index contributed by atoms with van der Waals surface area (Å²) in [6.45, 7) is 12.2. The van der Waals surface area contributed by atoms with Crippen LogP contribution in [-0.2, 0) is 44.8 Å². The van der Waals surface area contributed by atoms with Crippen LogP contribution in [0.15, 0.2) is 24.3 Å². The third-order valence-corrected chi connectivity index (χ3v) is 10.8. The summed E-state index contributed by atoms with van der Waals surface area (Å²) in [5.74, 6) is -6.99. The molecule has 20 heteroatoms. The monoisotopic (exact) mass is 888 g/mol. The zero-order chi connectivity index (χ0) is 47.2. The van der Waals surface area contributed by atoms with Crippen LogP contribution in [0.25, 0.3) is 0 Å². The highest BCUT2D eigenvalue weighted by Gasteiger charge is 2.44. The van der Waals surface area contributed by atoms with E-state index in [9.17, 15) is 53.7 Å². The highest BCUT2D eigenvalue weighted by atomic mass is 16.4. The lowest BCUT2D eigenvalue weighted by Gasteiger charge is -2.38. The molecule has 0 radical (unpaired) electrons. The Hall–Kier alpha value is -5.34. The number of nitrogens with one attached hydrogen (secondary N) is 7. The molecule has 0 spiro atoms. The van der Waals surface area contributed by atoms with Crippen molar-refractivity contribution >= 4 is 47.3 Å². The van der Waals surface area contributed by atoms with E-state index in [0.29, 0.717) is 37.8 Å². The standard InChI is InChI=1S/C43H69N9O11/c1-23(2)19-29-38(59)48-31(22-34(56)57)39(60)50-35(25(4)53)41(62)45-24(3)36(42(63)51-43(5,6)7)52-18-10-12-32(52)40(61)49-30(20-26-13-15-28(54)16-14-26)37(58)46-27(11-8-9-17-44)21-33(55)47-29/h13-16,23-25,27,29-32,35-36,53-54H,8-12,17-22,44H2,1-7H3,(H,45,62)(H,46,58)(H,47,55)(H,48,59)(H,49,61)(H,50,60)(H,51,63)(H,56,57)/t24?,25-,27+,29-,30+,31+,32+,35+,36+/m1/s1. The SMILES string of the molecule is CC(C)C[C@H]1NC(=O)C[C@H](CCCCN)NC(=O)[C@H](Cc2ccc(O)cc2)NC(=O)[C@@H]2CCCN2[C@H](C(=O)NC(C)(C)C)C(C)NC(=O)[C@H]([C@@H](C)O)NC(=O)[C@H](CC(=O)O)NC1=O. The molecule has 1 unspecified atom stereocenters. The van der Waals surface area contributed by atoms with Crippen LogP contribution in [0.1, 0.15) is 105 Å². The van der Waals surface area contributed by atoms with Gasteiger partial charge in [0.25, 0.3) is 0 Å². The van der Waals surface area contributed by atoms with Gasteiger partial charge in [-0.2, -0.15) is 0 Å². The number of nitrogens with two attached hydrogens (primary N) is 1. The number of carbonyl (C=O) groups is 8. The number of carboxylic acid groups (broad SMARTS) is 1. The van der Waals surface area contributed by atoms with Crippen molar-refractivity contribution in [3.8, 4) is 5.75 Å². The van der Waals surface area contributed by atoms with E-state index in [1.165, 1.54) is 26.0 Å². The van der Waals surface area contributed by atoms with Crippen molar-refractivity contribution in [3.63, 3.8) is 0 Å². The zero-order valence-electron chi connectivity index (χ0n) is 37.5. The lowest BCUT2D eigenvalue weighted by atomic mass is 9.99. The van der Waals surface area contributed by atoms with Gasteiger partial charge in [0.15, 0.2) is 0 Å². The predicted octanol–water partition coefficient (Wildman–Crippen LogP) is -0.955. The summed E-state index contributed by atoms with van der Waals surface area (Å²) in [6.07, 6.45) is -0.592. The molecule has 9 atom stereocenters. The quantitative estimate of drug-likeness (QED) is 0.113. The van der Waals surface area contributed by atoms with Crippen molar-refractivity contribution in [2.24, 2.45) is 11.7 Å². The molecule has 2 aliphatic rings. The van der Waals surface area contributed by atoms with Crippen molar-refractivity contribution in [2.45, 2.75) is 166 Å². The van der Waals surface area contributed by atoms with Gasteiger partial charge in [-0.1, -0.05) is 32.4 Å². The molecule has 0 saturated carbocycles. The van der Waals surface area contributed by atoms with E-state index in [1.54, 1.807) is 51.7 Å². The molecule has 63 heavy (non-hydrogen) atoms. The van der Waals surface area contributed by atoms with Crippen LogP contribution >= 0.6 is 0 Å². The molecule has 0 aromatic heterocycles. The van der Waals surface area contributed by atoms with E-state index in [1.807, 2.05) is 0 Å². The van der Waals surface area contributed by atoms with Crippen LogP contribution < -0.4 is 43.0 Å². The number of carbonyl (C=O) groups excluding carboxylic acids is 7. The number of amides is 7. The van der Waals surface area contributed by atoms with Crippen LogP contribution in [-0.4, -0.2) is 141 Å². The number of rotatable bonds is 12. The molecule has 1 aromatic rings. The van der Waals surface area contributed by atoms with E-state index in [4.69, 9.17) is 5.73 Å². The molecule has 20 nitrogen and oxygen atoms in total. The van der Waals surface area contributed by atoms with Gasteiger partial charge in [0.05, 0.1) is 24.6 Å². The topological polar surface area (TPSA) is 311 Å². The van der Waals surface area contributed by atoms with Crippen molar-refractivity contribution in [1.29, 1.82) is 0 Å². The van der Waals surface area contributed by atoms with E-state index in [-0.39, 0.29) is 43.9 Å². The summed E-state index contributed by atoms with van der Waals surface area (Å²) in [6, 6.07) is -3.85. The maximum absolute atomic E-state index is 14.4. The first-order valence-corrected chi connectivity index (χ1v) is 21.8. The lowest BCUT2D eigenvalue weighted by molar-refractivity contribution is -0.142. The lowest BCUT2D eigenvalue weighted by Crippen LogP contribution is -2.65. The third kappa shape index (κ3) is 16.7. The Morgan fingerprint density at radius 3 is 2.05 bits per heavy atom. The van der Waals surface area contributed by atoms with E-state index >= 15 is 0 Å². The highest BCUT2D eigenvalue weighted by Crippen LogP contribution is 2.24. The van der Waals surface area contributed by atoms with Crippen molar-refractivity contribution in [1.82, 2.24) is 42.1 Å². The van der Waals surface area contributed by atoms with Crippen molar-refractivity contribution < 1.29 is 53.7 Å². The van der Waals surface area contributed by atoms with Crippen LogP contribution in [0, 0.1) is 5.92 Å². The number of benzene rings is 1. The summed E-state index contributed by atoms with van der Waals surface area (Å²) in [5.41, 5.74) is 5.60. The van der Waals surface area contributed by atoms with E-state index in [0.717, 1.165) is 0 Å². The fourth-order valence-corrected chi connectivity index (χ4v) is 7.81. The molecule has 2 aliphatic heterocycles. The molecular weight excluding hydrogens is 819 g/mol.